The number of nitrogens with one attached hydrogen (secondary N) is 3. The van der Waals surface area contributed by atoms with Crippen LogP contribution in [0.5, 0.6) is 0 Å². The Morgan fingerprint density at radius 1 is 0.872 bits per heavy atom. The van der Waals surface area contributed by atoms with Crippen LogP contribution >= 0.6 is 23.4 Å². The first-order valence-corrected chi connectivity index (χ1v) is 13.3. The summed E-state index contributed by atoms with van der Waals surface area (Å²) in [6.07, 6.45) is 4.78. The molecule has 0 spiro atoms. The van der Waals surface area contributed by atoms with Crippen LogP contribution in [0.1, 0.15) is 22.8 Å². The summed E-state index contributed by atoms with van der Waals surface area (Å²) in [6, 6.07) is 26.3. The molecule has 0 aliphatic carbocycles. The Morgan fingerprint density at radius 3 is 2.33 bits per heavy atom. The number of anilines is 2. The van der Waals surface area contributed by atoms with E-state index in [2.05, 4.69) is 20.9 Å². The molecule has 3 N–H and O–H groups in total. The van der Waals surface area contributed by atoms with Crippen LogP contribution in [-0.2, 0) is 9.59 Å². The molecule has 196 valence electrons. The fourth-order valence-electron chi connectivity index (χ4n) is 3.48. The topological polar surface area (TPSA) is 100 Å². The smallest absolute Gasteiger partial charge is 0.272 e. The van der Waals surface area contributed by atoms with E-state index in [1.807, 2.05) is 12.1 Å². The number of halogens is 1. The van der Waals surface area contributed by atoms with Crippen molar-refractivity contribution in [3.8, 4) is 0 Å². The second-order valence-electron chi connectivity index (χ2n) is 8.41. The van der Waals surface area contributed by atoms with Gasteiger partial charge in [-0.2, -0.15) is 0 Å². The summed E-state index contributed by atoms with van der Waals surface area (Å²) in [4.78, 5) is 43.6. The van der Waals surface area contributed by atoms with Gasteiger partial charge in [0.1, 0.15) is 5.70 Å². The van der Waals surface area contributed by atoms with Crippen molar-refractivity contribution in [3.63, 3.8) is 0 Å². The zero-order chi connectivity index (χ0) is 27.6. The van der Waals surface area contributed by atoms with Gasteiger partial charge in [0.2, 0.25) is 5.91 Å². The van der Waals surface area contributed by atoms with Crippen LogP contribution in [0.4, 0.5) is 11.4 Å². The van der Waals surface area contributed by atoms with E-state index in [1.165, 1.54) is 11.8 Å². The lowest BCUT2D eigenvalue weighted by molar-refractivity contribution is -0.115. The monoisotopic (exact) mass is 556 g/mol. The first-order chi connectivity index (χ1) is 18.9. The molecule has 0 aliphatic rings. The highest BCUT2D eigenvalue weighted by atomic mass is 35.5. The number of carbonyl (C=O) groups is 3. The molecule has 1 aromatic heterocycles. The Morgan fingerprint density at radius 2 is 1.62 bits per heavy atom. The maximum Gasteiger partial charge on any atom is 0.272 e. The van der Waals surface area contributed by atoms with Crippen molar-refractivity contribution in [2.24, 2.45) is 0 Å². The van der Waals surface area contributed by atoms with E-state index in [1.54, 1.807) is 104 Å². The second kappa shape index (κ2) is 13.4. The summed E-state index contributed by atoms with van der Waals surface area (Å²) in [6.45, 7) is 1.80. The van der Waals surface area contributed by atoms with E-state index < -0.39 is 17.1 Å². The standard InChI is InChI=1S/C30H25ClN4O3S/c1-20(28(36)33-24-12-5-11-23(31)17-24)39-26-14-6-13-25(18-26)34-30(38)27(16-21-8-7-15-32-19-21)35-29(37)22-9-3-2-4-10-22/h2-20H,1H3,(H,33,36)(H,34,38)(H,35,37)/b27-16-. The molecule has 0 aliphatic heterocycles. The van der Waals surface area contributed by atoms with E-state index in [0.717, 1.165) is 4.90 Å². The fourth-order valence-corrected chi connectivity index (χ4v) is 4.60. The molecule has 4 aromatic rings. The molecule has 1 atom stereocenters. The molecule has 1 unspecified atom stereocenters. The number of rotatable bonds is 9. The van der Waals surface area contributed by atoms with Crippen molar-refractivity contribution in [1.82, 2.24) is 10.3 Å². The zero-order valence-electron chi connectivity index (χ0n) is 20.9. The number of amides is 3. The van der Waals surface area contributed by atoms with Crippen molar-refractivity contribution >= 4 is 58.5 Å². The third-order valence-corrected chi connectivity index (χ3v) is 6.72. The van der Waals surface area contributed by atoms with Gasteiger partial charge in [0.05, 0.1) is 5.25 Å². The van der Waals surface area contributed by atoms with Crippen molar-refractivity contribution in [1.29, 1.82) is 0 Å². The molecule has 0 saturated heterocycles. The largest absolute Gasteiger partial charge is 0.325 e. The molecule has 0 saturated carbocycles. The highest BCUT2D eigenvalue weighted by Crippen LogP contribution is 2.27. The van der Waals surface area contributed by atoms with Crippen LogP contribution in [0.2, 0.25) is 5.02 Å². The first kappa shape index (κ1) is 27.6. The summed E-state index contributed by atoms with van der Waals surface area (Å²) in [5.74, 6) is -1.09. The number of nitrogens with zero attached hydrogens (tertiary/aromatic N) is 1. The average molecular weight is 557 g/mol. The predicted molar refractivity (Wildman–Crippen MR) is 157 cm³/mol. The number of hydrogen-bond donors (Lipinski definition) is 3. The molecule has 1 heterocycles. The van der Waals surface area contributed by atoms with E-state index in [0.29, 0.717) is 27.5 Å². The van der Waals surface area contributed by atoms with E-state index in [-0.39, 0.29) is 11.6 Å². The van der Waals surface area contributed by atoms with Crippen molar-refractivity contribution in [3.05, 3.63) is 125 Å². The van der Waals surface area contributed by atoms with Crippen LogP contribution in [0.15, 0.2) is 114 Å². The molecule has 0 radical (unpaired) electrons. The van der Waals surface area contributed by atoms with Gasteiger partial charge in [0.25, 0.3) is 11.8 Å². The number of benzene rings is 3. The summed E-state index contributed by atoms with van der Waals surface area (Å²) in [7, 11) is 0. The van der Waals surface area contributed by atoms with Crippen LogP contribution in [-0.4, -0.2) is 28.0 Å². The number of hydrogen-bond acceptors (Lipinski definition) is 5. The minimum atomic E-state index is -0.503. The van der Waals surface area contributed by atoms with Gasteiger partial charge in [-0.05, 0) is 73.2 Å². The third-order valence-electron chi connectivity index (χ3n) is 5.39. The Balaban J connectivity index is 1.46. The van der Waals surface area contributed by atoms with Crippen LogP contribution < -0.4 is 16.0 Å². The summed E-state index contributed by atoms with van der Waals surface area (Å²) < 4.78 is 0. The molecular weight excluding hydrogens is 532 g/mol. The molecule has 3 amide bonds. The normalized spacial score (nSPS) is 11.8. The molecule has 39 heavy (non-hydrogen) atoms. The summed E-state index contributed by atoms with van der Waals surface area (Å²) >= 11 is 7.35. The summed E-state index contributed by atoms with van der Waals surface area (Å²) in [5, 5.41) is 8.52. The minimum absolute atomic E-state index is 0.0594. The molecule has 0 fully saturated rings. The minimum Gasteiger partial charge on any atom is -0.325 e. The Labute approximate surface area is 235 Å². The maximum absolute atomic E-state index is 13.3. The molecule has 7 nitrogen and oxygen atoms in total. The zero-order valence-corrected chi connectivity index (χ0v) is 22.5. The molecule has 4 rings (SSSR count). The third kappa shape index (κ3) is 8.29. The SMILES string of the molecule is CC(Sc1cccc(NC(=O)/C(=C/c2cccnc2)NC(=O)c2ccccc2)c1)C(=O)Nc1cccc(Cl)c1. The van der Waals surface area contributed by atoms with Crippen LogP contribution in [0.25, 0.3) is 6.08 Å². The number of thioether (sulfide) groups is 1. The Kier molecular flexibility index (Phi) is 9.50. The number of pyridine rings is 1. The molecule has 3 aromatic carbocycles. The highest BCUT2D eigenvalue weighted by Gasteiger charge is 2.17. The van der Waals surface area contributed by atoms with Crippen LogP contribution in [0.3, 0.4) is 0 Å². The maximum atomic E-state index is 13.3. The number of carbonyl (C=O) groups excluding carboxylic acids is 3. The highest BCUT2D eigenvalue weighted by molar-refractivity contribution is 8.00. The van der Waals surface area contributed by atoms with Gasteiger partial charge in [-0.1, -0.05) is 48.0 Å². The van der Waals surface area contributed by atoms with Crippen molar-refractivity contribution < 1.29 is 14.4 Å². The van der Waals surface area contributed by atoms with Gasteiger partial charge in [-0.3, -0.25) is 19.4 Å². The number of aromatic nitrogens is 1. The van der Waals surface area contributed by atoms with Gasteiger partial charge in [-0.25, -0.2) is 0 Å². The van der Waals surface area contributed by atoms with Gasteiger partial charge in [0.15, 0.2) is 0 Å². The quantitative estimate of drug-likeness (QED) is 0.167. The summed E-state index contributed by atoms with van der Waals surface area (Å²) in [5.41, 5.74) is 2.26. The lowest BCUT2D eigenvalue weighted by atomic mass is 10.2. The Bertz CT molecular complexity index is 1500. The molecular formula is C30H25ClN4O3S. The molecule has 9 heteroatoms. The molecule has 0 bridgehead atoms. The van der Waals surface area contributed by atoms with Crippen molar-refractivity contribution in [2.45, 2.75) is 17.1 Å². The second-order valence-corrected chi connectivity index (χ2v) is 10.3. The van der Waals surface area contributed by atoms with Crippen molar-refractivity contribution in [2.75, 3.05) is 10.6 Å². The lowest BCUT2D eigenvalue weighted by Crippen LogP contribution is -2.30. The van der Waals surface area contributed by atoms with E-state index >= 15 is 0 Å². The van der Waals surface area contributed by atoms with Gasteiger partial charge < -0.3 is 16.0 Å². The van der Waals surface area contributed by atoms with E-state index in [9.17, 15) is 14.4 Å². The first-order valence-electron chi connectivity index (χ1n) is 12.0. The lowest BCUT2D eigenvalue weighted by Gasteiger charge is -2.14. The van der Waals surface area contributed by atoms with Crippen LogP contribution in [0, 0.1) is 0 Å². The van der Waals surface area contributed by atoms with E-state index in [4.69, 9.17) is 11.6 Å². The van der Waals surface area contributed by atoms with Gasteiger partial charge in [-0.15, -0.1) is 11.8 Å². The fraction of sp³-hybridized carbons (Fsp3) is 0.0667. The van der Waals surface area contributed by atoms with Gasteiger partial charge >= 0.3 is 0 Å². The average Bonchev–Trinajstić information content (AvgIpc) is 2.94. The van der Waals surface area contributed by atoms with Gasteiger partial charge in [0, 0.05) is 39.3 Å². The Hall–Kier alpha value is -4.40. The predicted octanol–water partition coefficient (Wildman–Crippen LogP) is 6.26.